The molecule has 0 aromatic heterocycles. The van der Waals surface area contributed by atoms with Gasteiger partial charge in [-0.05, 0) is 30.3 Å². The number of hydrogen-bond acceptors (Lipinski definition) is 4. The Morgan fingerprint density at radius 2 is 1.87 bits per heavy atom. The van der Waals surface area contributed by atoms with E-state index in [0.29, 0.717) is 27.1 Å². The molecule has 23 heavy (non-hydrogen) atoms. The first-order valence-electron chi connectivity index (χ1n) is 6.70. The van der Waals surface area contributed by atoms with Crippen LogP contribution >= 0.6 is 23.2 Å². The van der Waals surface area contributed by atoms with Gasteiger partial charge >= 0.3 is 0 Å². The van der Waals surface area contributed by atoms with Crippen molar-refractivity contribution in [1.82, 2.24) is 5.43 Å². The monoisotopic (exact) mass is 346 g/mol. The van der Waals surface area contributed by atoms with E-state index in [1.54, 1.807) is 18.2 Å². The summed E-state index contributed by atoms with van der Waals surface area (Å²) in [4.78, 5) is 12.5. The molecule has 2 N–H and O–H groups in total. The summed E-state index contributed by atoms with van der Waals surface area (Å²) < 4.78 is 0. The number of amides is 1. The lowest BCUT2D eigenvalue weighted by Crippen LogP contribution is -2.34. The first-order valence-corrected chi connectivity index (χ1v) is 7.46. The van der Waals surface area contributed by atoms with Crippen LogP contribution in [0.25, 0.3) is 0 Å². The van der Waals surface area contributed by atoms with Crippen LogP contribution in [-0.4, -0.2) is 11.6 Å². The van der Waals surface area contributed by atoms with E-state index in [9.17, 15) is 4.79 Å². The summed E-state index contributed by atoms with van der Waals surface area (Å²) >= 11 is 11.9. The van der Waals surface area contributed by atoms with Gasteiger partial charge in [0, 0.05) is 5.02 Å². The second kappa shape index (κ2) is 6.32. The molecule has 2 aromatic rings. The zero-order valence-electron chi connectivity index (χ0n) is 11.9. The topological polar surface area (TPSA) is 56.7 Å². The molecule has 0 spiro atoms. The average Bonchev–Trinajstić information content (AvgIpc) is 2.82. The molecule has 1 saturated heterocycles. The smallest absolute Gasteiger partial charge is 0.289 e. The molecule has 1 amide bonds. The number of hydrogen-bond donors (Lipinski definition) is 2. The fourth-order valence-corrected chi connectivity index (χ4v) is 2.49. The number of carbonyl (C=O) groups is 1. The molecule has 1 heterocycles. The van der Waals surface area contributed by atoms with E-state index in [2.05, 4.69) is 22.5 Å². The van der Waals surface area contributed by atoms with Crippen LogP contribution in [0.3, 0.4) is 0 Å². The summed E-state index contributed by atoms with van der Waals surface area (Å²) in [5.74, 6) is -0.307. The molecule has 116 valence electrons. The first-order chi connectivity index (χ1) is 11.1. The number of rotatable bonds is 3. The summed E-state index contributed by atoms with van der Waals surface area (Å²) in [6.45, 7) is 3.81. The fraction of sp³-hybridized carbons (Fsp3) is 0. The van der Waals surface area contributed by atoms with Crippen LogP contribution in [0.1, 0.15) is 0 Å². The molecule has 1 fully saturated rings. The first kappa shape index (κ1) is 15.4. The van der Waals surface area contributed by atoms with Crippen molar-refractivity contribution in [2.45, 2.75) is 0 Å². The van der Waals surface area contributed by atoms with Crippen LogP contribution in [-0.2, 0) is 4.79 Å². The zero-order valence-corrected chi connectivity index (χ0v) is 13.4. The Morgan fingerprint density at radius 1 is 1.13 bits per heavy atom. The predicted molar refractivity (Wildman–Crippen MR) is 93.7 cm³/mol. The van der Waals surface area contributed by atoms with E-state index in [4.69, 9.17) is 23.2 Å². The van der Waals surface area contributed by atoms with Crippen LogP contribution in [0.15, 0.2) is 65.9 Å². The summed E-state index contributed by atoms with van der Waals surface area (Å²) in [5, 5.41) is 6.42. The van der Waals surface area contributed by atoms with Gasteiger partial charge in [0.2, 0.25) is 0 Å². The Balaban J connectivity index is 1.82. The van der Waals surface area contributed by atoms with Crippen LogP contribution in [0.2, 0.25) is 10.0 Å². The Kier molecular flexibility index (Phi) is 4.23. The van der Waals surface area contributed by atoms with E-state index >= 15 is 0 Å². The lowest BCUT2D eigenvalue weighted by Gasteiger charge is -2.14. The molecular weight excluding hydrogens is 335 g/mol. The Morgan fingerprint density at radius 3 is 2.57 bits per heavy atom. The van der Waals surface area contributed by atoms with Gasteiger partial charge in [-0.1, -0.05) is 48.0 Å². The molecule has 2 aromatic carbocycles. The third-order valence-electron chi connectivity index (χ3n) is 3.17. The van der Waals surface area contributed by atoms with Crippen molar-refractivity contribution >= 4 is 46.2 Å². The van der Waals surface area contributed by atoms with Crippen LogP contribution in [0.5, 0.6) is 0 Å². The van der Waals surface area contributed by atoms with Crippen molar-refractivity contribution in [3.8, 4) is 0 Å². The van der Waals surface area contributed by atoms with Gasteiger partial charge in [0.15, 0.2) is 5.71 Å². The van der Waals surface area contributed by atoms with Gasteiger partial charge in [-0.2, -0.15) is 5.10 Å². The maximum absolute atomic E-state index is 12.5. The van der Waals surface area contributed by atoms with Crippen molar-refractivity contribution in [3.63, 3.8) is 0 Å². The minimum absolute atomic E-state index is 0.180. The molecule has 1 aliphatic heterocycles. The largest absolute Gasteiger partial charge is 0.299 e. The van der Waals surface area contributed by atoms with Gasteiger partial charge in [-0.15, -0.1) is 0 Å². The van der Waals surface area contributed by atoms with Gasteiger partial charge in [0.05, 0.1) is 22.1 Å². The van der Waals surface area contributed by atoms with Crippen LogP contribution in [0, 0.1) is 0 Å². The number of nitrogens with zero attached hydrogens (tertiary/aromatic N) is 2. The number of anilines is 2. The van der Waals surface area contributed by atoms with Crippen molar-refractivity contribution in [3.05, 3.63) is 70.9 Å². The fourth-order valence-electron chi connectivity index (χ4n) is 2.04. The van der Waals surface area contributed by atoms with Gasteiger partial charge in [-0.3, -0.25) is 15.6 Å². The molecule has 3 rings (SSSR count). The van der Waals surface area contributed by atoms with Crippen molar-refractivity contribution in [2.75, 3.05) is 10.4 Å². The number of nitrogens with one attached hydrogen (secondary N) is 2. The molecule has 7 heteroatoms. The van der Waals surface area contributed by atoms with E-state index in [0.717, 1.165) is 0 Å². The number of halogens is 2. The lowest BCUT2D eigenvalue weighted by atomic mass is 10.3. The highest BCUT2D eigenvalue weighted by Gasteiger charge is 2.32. The van der Waals surface area contributed by atoms with Gasteiger partial charge < -0.3 is 0 Å². The maximum Gasteiger partial charge on any atom is 0.299 e. The summed E-state index contributed by atoms with van der Waals surface area (Å²) in [6.07, 6.45) is 0. The van der Waals surface area contributed by atoms with E-state index in [-0.39, 0.29) is 11.6 Å². The summed E-state index contributed by atoms with van der Waals surface area (Å²) in [6, 6.07) is 14.1. The van der Waals surface area contributed by atoms with Crippen LogP contribution < -0.4 is 15.9 Å². The van der Waals surface area contributed by atoms with E-state index in [1.165, 1.54) is 5.01 Å². The lowest BCUT2D eigenvalue weighted by molar-refractivity contribution is -0.112. The average molecular weight is 347 g/mol. The zero-order chi connectivity index (χ0) is 16.4. The number of hydrazine groups is 1. The minimum Gasteiger partial charge on any atom is -0.289 e. The highest BCUT2D eigenvalue weighted by atomic mass is 35.5. The quantitative estimate of drug-likeness (QED) is 0.830. The van der Waals surface area contributed by atoms with Crippen molar-refractivity contribution in [2.24, 2.45) is 5.10 Å². The molecular formula is C16H12Cl2N4O. The Labute approximate surface area is 143 Å². The molecule has 0 saturated carbocycles. The highest BCUT2D eigenvalue weighted by molar-refractivity contribution is 6.51. The normalized spacial score (nSPS) is 15.9. The second-order valence-corrected chi connectivity index (χ2v) is 5.61. The van der Waals surface area contributed by atoms with Gasteiger partial charge in [0.25, 0.3) is 5.91 Å². The Hall–Kier alpha value is -2.50. The van der Waals surface area contributed by atoms with E-state index in [1.807, 2.05) is 30.3 Å². The third-order valence-corrected chi connectivity index (χ3v) is 3.72. The van der Waals surface area contributed by atoms with Crippen molar-refractivity contribution < 1.29 is 4.79 Å². The number of para-hydroxylation sites is 1. The molecule has 1 aliphatic rings. The van der Waals surface area contributed by atoms with Gasteiger partial charge in [0.1, 0.15) is 0 Å². The maximum atomic E-state index is 12.5. The van der Waals surface area contributed by atoms with Crippen LogP contribution in [0.4, 0.5) is 11.4 Å². The minimum atomic E-state index is -0.307. The number of hydrazone groups is 1. The third kappa shape index (κ3) is 3.16. The summed E-state index contributed by atoms with van der Waals surface area (Å²) in [5.41, 5.74) is 7.48. The van der Waals surface area contributed by atoms with Gasteiger partial charge in [-0.25, -0.2) is 5.01 Å². The summed E-state index contributed by atoms with van der Waals surface area (Å²) in [7, 11) is 0. The molecule has 0 unspecified atom stereocenters. The second-order valence-electron chi connectivity index (χ2n) is 4.76. The SMILES string of the molecule is C=C1NN(c2ccccc2)C(=O)C1=NNc1ccc(Cl)cc1Cl. The van der Waals surface area contributed by atoms with E-state index < -0.39 is 0 Å². The molecule has 5 nitrogen and oxygen atoms in total. The molecule has 0 bridgehead atoms. The standard InChI is InChI=1S/C16H12Cl2N4O/c1-10-15(20-19-14-8-7-11(17)9-13(14)18)16(23)22(21-10)12-5-3-2-4-6-12/h2-9,19,21H,1H2. The number of benzene rings is 2. The highest BCUT2D eigenvalue weighted by Crippen LogP contribution is 2.26. The predicted octanol–water partition coefficient (Wildman–Crippen LogP) is 3.83. The molecule has 0 atom stereocenters. The number of carbonyl (C=O) groups excluding carboxylic acids is 1. The molecule has 0 aliphatic carbocycles. The Bertz CT molecular complexity index is 805. The molecule has 0 radical (unpaired) electrons. The van der Waals surface area contributed by atoms with Crippen molar-refractivity contribution in [1.29, 1.82) is 0 Å².